The molecule has 0 bridgehead atoms. The smallest absolute Gasteiger partial charge is 0.126 e. The topological polar surface area (TPSA) is 29.4 Å². The van der Waals surface area contributed by atoms with E-state index in [1.54, 1.807) is 0 Å². The minimum absolute atomic E-state index is 0.199. The first-order valence-electron chi connectivity index (χ1n) is 3.96. The Bertz CT molecular complexity index is 336. The summed E-state index contributed by atoms with van der Waals surface area (Å²) in [7, 11) is 0. The van der Waals surface area contributed by atoms with Crippen molar-refractivity contribution in [1.82, 2.24) is 0 Å². The minimum atomic E-state index is -0.199. The standard InChI is InChI=1S/C9H8FNO/c10-8-4-5-9(11-12)7-3-1-2-6(7)8/h4-5H,1-3H2. The van der Waals surface area contributed by atoms with Gasteiger partial charge < -0.3 is 0 Å². The Kier molecular flexibility index (Phi) is 1.64. The van der Waals surface area contributed by atoms with Crippen molar-refractivity contribution >= 4 is 5.69 Å². The predicted octanol–water partition coefficient (Wildman–Crippen LogP) is 2.71. The second-order valence-electron chi connectivity index (χ2n) is 2.97. The lowest BCUT2D eigenvalue weighted by Gasteiger charge is -2.01. The lowest BCUT2D eigenvalue weighted by Crippen LogP contribution is -1.87. The highest BCUT2D eigenvalue weighted by molar-refractivity contribution is 5.52. The van der Waals surface area contributed by atoms with Gasteiger partial charge >= 0.3 is 0 Å². The van der Waals surface area contributed by atoms with Gasteiger partial charge in [-0.05, 0) is 47.7 Å². The molecule has 0 fully saturated rings. The molecule has 0 saturated heterocycles. The molecule has 0 unspecified atom stereocenters. The summed E-state index contributed by atoms with van der Waals surface area (Å²) in [6.45, 7) is 0. The summed E-state index contributed by atoms with van der Waals surface area (Å²) >= 11 is 0. The Balaban J connectivity index is 2.64. The first kappa shape index (κ1) is 7.40. The Morgan fingerprint density at radius 1 is 1.25 bits per heavy atom. The zero-order valence-electron chi connectivity index (χ0n) is 6.51. The van der Waals surface area contributed by atoms with E-state index in [1.165, 1.54) is 12.1 Å². The number of hydrogen-bond acceptors (Lipinski definition) is 2. The van der Waals surface area contributed by atoms with Crippen molar-refractivity contribution < 1.29 is 4.39 Å². The molecule has 3 heteroatoms. The van der Waals surface area contributed by atoms with E-state index in [9.17, 15) is 9.30 Å². The summed E-state index contributed by atoms with van der Waals surface area (Å²) < 4.78 is 13.1. The number of halogens is 1. The van der Waals surface area contributed by atoms with Crippen LogP contribution in [0.25, 0.3) is 0 Å². The SMILES string of the molecule is O=Nc1ccc(F)c2c1CCC2. The molecule has 1 aromatic rings. The Morgan fingerprint density at radius 2 is 2.00 bits per heavy atom. The van der Waals surface area contributed by atoms with Crippen LogP contribution in [0.2, 0.25) is 0 Å². The molecule has 0 radical (unpaired) electrons. The van der Waals surface area contributed by atoms with E-state index in [1.807, 2.05) is 0 Å². The predicted molar refractivity (Wildman–Crippen MR) is 43.9 cm³/mol. The lowest BCUT2D eigenvalue weighted by atomic mass is 10.1. The first-order chi connectivity index (χ1) is 5.83. The Hall–Kier alpha value is -1.25. The molecule has 12 heavy (non-hydrogen) atoms. The van der Waals surface area contributed by atoms with Gasteiger partial charge in [-0.3, -0.25) is 0 Å². The molecule has 0 aliphatic heterocycles. The van der Waals surface area contributed by atoms with Crippen molar-refractivity contribution in [3.8, 4) is 0 Å². The third-order valence-electron chi connectivity index (χ3n) is 2.30. The van der Waals surface area contributed by atoms with Crippen LogP contribution in [-0.4, -0.2) is 0 Å². The first-order valence-corrected chi connectivity index (χ1v) is 3.96. The maximum absolute atomic E-state index is 13.1. The van der Waals surface area contributed by atoms with Crippen molar-refractivity contribution in [3.05, 3.63) is 34.0 Å². The minimum Gasteiger partial charge on any atom is -0.207 e. The van der Waals surface area contributed by atoms with E-state index in [-0.39, 0.29) is 5.82 Å². The molecule has 0 amide bonds. The maximum atomic E-state index is 13.1. The number of nitrogens with zero attached hydrogens (tertiary/aromatic N) is 1. The normalized spacial score (nSPS) is 14.4. The Morgan fingerprint density at radius 3 is 2.75 bits per heavy atom. The maximum Gasteiger partial charge on any atom is 0.126 e. The fourth-order valence-corrected chi connectivity index (χ4v) is 1.73. The van der Waals surface area contributed by atoms with Gasteiger partial charge in [-0.2, -0.15) is 0 Å². The number of rotatable bonds is 1. The summed E-state index contributed by atoms with van der Waals surface area (Å²) in [6.07, 6.45) is 2.46. The largest absolute Gasteiger partial charge is 0.207 e. The highest BCUT2D eigenvalue weighted by Crippen LogP contribution is 2.32. The molecule has 2 rings (SSSR count). The number of nitroso groups, excluding NO2 is 1. The zero-order chi connectivity index (χ0) is 8.55. The molecule has 0 spiro atoms. The third-order valence-corrected chi connectivity index (χ3v) is 2.30. The average molecular weight is 165 g/mol. The monoisotopic (exact) mass is 165 g/mol. The van der Waals surface area contributed by atoms with Gasteiger partial charge in [-0.1, -0.05) is 0 Å². The van der Waals surface area contributed by atoms with Gasteiger partial charge in [-0.15, -0.1) is 4.91 Å². The number of benzene rings is 1. The quantitative estimate of drug-likeness (QED) is 0.588. The van der Waals surface area contributed by atoms with Gasteiger partial charge in [0.05, 0.1) is 0 Å². The Labute approximate surface area is 69.4 Å². The van der Waals surface area contributed by atoms with Gasteiger partial charge in [0.15, 0.2) is 0 Å². The molecule has 0 heterocycles. The molecule has 1 aliphatic rings. The van der Waals surface area contributed by atoms with Crippen LogP contribution in [0.15, 0.2) is 17.3 Å². The molecule has 62 valence electrons. The summed E-state index contributed by atoms with van der Waals surface area (Å²) in [4.78, 5) is 10.3. The molecule has 0 N–H and O–H groups in total. The van der Waals surface area contributed by atoms with Crippen molar-refractivity contribution in [2.24, 2.45) is 5.18 Å². The highest BCUT2D eigenvalue weighted by atomic mass is 19.1. The van der Waals surface area contributed by atoms with Gasteiger partial charge in [0.1, 0.15) is 11.5 Å². The lowest BCUT2D eigenvalue weighted by molar-refractivity contribution is 0.613. The van der Waals surface area contributed by atoms with Crippen LogP contribution < -0.4 is 0 Å². The average Bonchev–Trinajstić information content (AvgIpc) is 2.54. The third kappa shape index (κ3) is 0.932. The van der Waals surface area contributed by atoms with Crippen LogP contribution in [0, 0.1) is 10.7 Å². The second-order valence-corrected chi connectivity index (χ2v) is 2.97. The van der Waals surface area contributed by atoms with Crippen LogP contribution in [0.5, 0.6) is 0 Å². The van der Waals surface area contributed by atoms with Crippen LogP contribution in [0.4, 0.5) is 10.1 Å². The van der Waals surface area contributed by atoms with Crippen molar-refractivity contribution in [2.45, 2.75) is 19.3 Å². The van der Waals surface area contributed by atoms with Gasteiger partial charge in [-0.25, -0.2) is 4.39 Å². The molecule has 1 aromatic carbocycles. The summed E-state index contributed by atoms with van der Waals surface area (Å²) in [5.74, 6) is -0.199. The molecule has 2 nitrogen and oxygen atoms in total. The molecule has 0 atom stereocenters. The van der Waals surface area contributed by atoms with Crippen molar-refractivity contribution in [3.63, 3.8) is 0 Å². The summed E-state index contributed by atoms with van der Waals surface area (Å²) in [5, 5.41) is 2.87. The van der Waals surface area contributed by atoms with Crippen LogP contribution in [0.1, 0.15) is 17.5 Å². The fraction of sp³-hybridized carbons (Fsp3) is 0.333. The van der Waals surface area contributed by atoms with Crippen LogP contribution in [0.3, 0.4) is 0 Å². The van der Waals surface area contributed by atoms with E-state index in [4.69, 9.17) is 0 Å². The molecule has 0 aromatic heterocycles. The van der Waals surface area contributed by atoms with Crippen LogP contribution in [-0.2, 0) is 12.8 Å². The summed E-state index contributed by atoms with van der Waals surface area (Å²) in [5.41, 5.74) is 1.90. The zero-order valence-corrected chi connectivity index (χ0v) is 6.51. The number of fused-ring (bicyclic) bond motifs is 1. The fourth-order valence-electron chi connectivity index (χ4n) is 1.73. The molecule has 0 saturated carbocycles. The second kappa shape index (κ2) is 2.66. The van der Waals surface area contributed by atoms with Gasteiger partial charge in [0.2, 0.25) is 0 Å². The van der Waals surface area contributed by atoms with Crippen molar-refractivity contribution in [2.75, 3.05) is 0 Å². The van der Waals surface area contributed by atoms with Crippen LogP contribution >= 0.6 is 0 Å². The van der Waals surface area contributed by atoms with E-state index >= 15 is 0 Å². The van der Waals surface area contributed by atoms with E-state index in [0.717, 1.165) is 24.8 Å². The van der Waals surface area contributed by atoms with E-state index < -0.39 is 0 Å². The van der Waals surface area contributed by atoms with Gasteiger partial charge in [0.25, 0.3) is 0 Å². The highest BCUT2D eigenvalue weighted by Gasteiger charge is 2.18. The van der Waals surface area contributed by atoms with Gasteiger partial charge in [0, 0.05) is 0 Å². The molecular weight excluding hydrogens is 157 g/mol. The van der Waals surface area contributed by atoms with E-state index in [2.05, 4.69) is 5.18 Å². The van der Waals surface area contributed by atoms with Crippen molar-refractivity contribution in [1.29, 1.82) is 0 Å². The summed E-state index contributed by atoms with van der Waals surface area (Å²) in [6, 6.07) is 2.77. The molecule has 1 aliphatic carbocycles. The number of hydrogen-bond donors (Lipinski definition) is 0. The molecular formula is C9H8FNO. The van der Waals surface area contributed by atoms with E-state index in [0.29, 0.717) is 11.3 Å².